The molecule has 0 saturated carbocycles. The van der Waals surface area contributed by atoms with Gasteiger partial charge < -0.3 is 4.57 Å². The van der Waals surface area contributed by atoms with E-state index in [9.17, 15) is 22.4 Å². The summed E-state index contributed by atoms with van der Waals surface area (Å²) in [7, 11) is 1.66. The highest BCUT2D eigenvalue weighted by molar-refractivity contribution is 5.93. The van der Waals surface area contributed by atoms with Gasteiger partial charge in [0.2, 0.25) is 0 Å². The van der Waals surface area contributed by atoms with Crippen LogP contribution in [0.25, 0.3) is 0 Å². The number of carbonyl (C=O) groups excluding carboxylic acids is 1. The summed E-state index contributed by atoms with van der Waals surface area (Å²) in [6, 6.07) is 5.28. The number of halogens is 4. The normalized spacial score (nSPS) is 11.9. The quantitative estimate of drug-likeness (QED) is 0.528. The summed E-state index contributed by atoms with van der Waals surface area (Å²) in [5.74, 6) is -1.59. The number of nitrogens with zero attached hydrogens (tertiary/aromatic N) is 2. The Morgan fingerprint density at radius 3 is 2.59 bits per heavy atom. The van der Waals surface area contributed by atoms with E-state index in [1.807, 2.05) is 0 Å². The molecular formula is C14H11F4N3O. The Morgan fingerprint density at radius 2 is 2.05 bits per heavy atom. The van der Waals surface area contributed by atoms with Crippen LogP contribution in [0.3, 0.4) is 0 Å². The smallest absolute Gasteiger partial charge is 0.347 e. The van der Waals surface area contributed by atoms with Crippen LogP contribution in [-0.4, -0.2) is 16.7 Å². The Bertz CT molecular complexity index is 719. The SMILES string of the molecule is Cn1cccc1C(=O)N/N=C/c1ccc(C(F)(F)F)cc1F. The van der Waals surface area contributed by atoms with Crippen LogP contribution in [-0.2, 0) is 13.2 Å². The molecule has 1 N–H and O–H groups in total. The molecule has 0 saturated heterocycles. The molecule has 0 aliphatic rings. The van der Waals surface area contributed by atoms with Crippen LogP contribution in [0.4, 0.5) is 17.6 Å². The van der Waals surface area contributed by atoms with E-state index in [2.05, 4.69) is 10.5 Å². The first-order valence-corrected chi connectivity index (χ1v) is 6.10. The molecule has 0 radical (unpaired) electrons. The van der Waals surface area contributed by atoms with E-state index in [1.54, 1.807) is 29.9 Å². The van der Waals surface area contributed by atoms with E-state index >= 15 is 0 Å². The summed E-state index contributed by atoms with van der Waals surface area (Å²) in [6.07, 6.45) is -2.01. The van der Waals surface area contributed by atoms with Crippen molar-refractivity contribution in [2.75, 3.05) is 0 Å². The highest BCUT2D eigenvalue weighted by atomic mass is 19.4. The van der Waals surface area contributed by atoms with Crippen molar-refractivity contribution in [3.8, 4) is 0 Å². The van der Waals surface area contributed by atoms with E-state index in [-0.39, 0.29) is 5.56 Å². The molecule has 2 rings (SSSR count). The van der Waals surface area contributed by atoms with Crippen molar-refractivity contribution in [2.24, 2.45) is 12.1 Å². The van der Waals surface area contributed by atoms with E-state index in [4.69, 9.17) is 0 Å². The predicted molar refractivity (Wildman–Crippen MR) is 71.9 cm³/mol. The fourth-order valence-electron chi connectivity index (χ4n) is 1.72. The number of hydrogen-bond acceptors (Lipinski definition) is 2. The number of aromatic nitrogens is 1. The molecule has 0 bridgehead atoms. The van der Waals surface area contributed by atoms with Gasteiger partial charge in [0.15, 0.2) is 0 Å². The van der Waals surface area contributed by atoms with Crippen molar-refractivity contribution < 1.29 is 22.4 Å². The van der Waals surface area contributed by atoms with Gasteiger partial charge in [-0.1, -0.05) is 0 Å². The van der Waals surface area contributed by atoms with Crippen LogP contribution in [0.2, 0.25) is 0 Å². The number of benzene rings is 1. The van der Waals surface area contributed by atoms with Gasteiger partial charge in [-0.3, -0.25) is 4.79 Å². The Balaban J connectivity index is 2.08. The van der Waals surface area contributed by atoms with Crippen molar-refractivity contribution in [3.05, 3.63) is 59.2 Å². The highest BCUT2D eigenvalue weighted by Gasteiger charge is 2.31. The highest BCUT2D eigenvalue weighted by Crippen LogP contribution is 2.29. The maximum atomic E-state index is 13.5. The van der Waals surface area contributed by atoms with E-state index in [1.165, 1.54) is 0 Å². The topological polar surface area (TPSA) is 46.4 Å². The molecule has 22 heavy (non-hydrogen) atoms. The van der Waals surface area contributed by atoms with E-state index in [0.717, 1.165) is 18.3 Å². The van der Waals surface area contributed by atoms with Gasteiger partial charge in [-0.15, -0.1) is 0 Å². The van der Waals surface area contributed by atoms with Crippen molar-refractivity contribution in [2.45, 2.75) is 6.18 Å². The molecule has 2 aromatic rings. The number of hydrogen-bond donors (Lipinski definition) is 1. The molecular weight excluding hydrogens is 302 g/mol. The molecule has 4 nitrogen and oxygen atoms in total. The zero-order valence-electron chi connectivity index (χ0n) is 11.4. The van der Waals surface area contributed by atoms with Crippen molar-refractivity contribution in [1.29, 1.82) is 0 Å². The zero-order chi connectivity index (χ0) is 16.3. The van der Waals surface area contributed by atoms with Gasteiger partial charge in [-0.2, -0.15) is 18.3 Å². The van der Waals surface area contributed by atoms with Crippen LogP contribution >= 0.6 is 0 Å². The number of alkyl halides is 3. The van der Waals surface area contributed by atoms with Crippen molar-refractivity contribution in [3.63, 3.8) is 0 Å². The largest absolute Gasteiger partial charge is 0.416 e. The zero-order valence-corrected chi connectivity index (χ0v) is 11.4. The minimum absolute atomic E-state index is 0.166. The monoisotopic (exact) mass is 313 g/mol. The third-order valence-corrected chi connectivity index (χ3v) is 2.87. The van der Waals surface area contributed by atoms with Crippen LogP contribution in [0, 0.1) is 5.82 Å². The van der Waals surface area contributed by atoms with Gasteiger partial charge in [-0.05, 0) is 30.3 Å². The third kappa shape index (κ3) is 3.51. The minimum atomic E-state index is -4.61. The molecule has 0 aliphatic heterocycles. The number of rotatable bonds is 3. The molecule has 0 fully saturated rings. The molecule has 0 unspecified atom stereocenters. The second-order valence-corrected chi connectivity index (χ2v) is 4.44. The second kappa shape index (κ2) is 6.00. The van der Waals surface area contributed by atoms with Gasteiger partial charge in [0.25, 0.3) is 5.91 Å². The number of nitrogens with one attached hydrogen (secondary N) is 1. The first-order chi connectivity index (χ1) is 10.3. The molecule has 1 amide bonds. The van der Waals surface area contributed by atoms with Crippen LogP contribution < -0.4 is 5.43 Å². The molecule has 1 heterocycles. The fourth-order valence-corrected chi connectivity index (χ4v) is 1.72. The number of hydrazone groups is 1. The molecule has 1 aromatic heterocycles. The lowest BCUT2D eigenvalue weighted by Crippen LogP contribution is -2.20. The van der Waals surface area contributed by atoms with Gasteiger partial charge in [0, 0.05) is 18.8 Å². The third-order valence-electron chi connectivity index (χ3n) is 2.87. The lowest BCUT2D eigenvalue weighted by atomic mass is 10.1. The summed E-state index contributed by atoms with van der Waals surface area (Å²) in [5.41, 5.74) is 1.25. The average Bonchev–Trinajstić information content (AvgIpc) is 2.85. The minimum Gasteiger partial charge on any atom is -0.347 e. The Hall–Kier alpha value is -2.64. The maximum absolute atomic E-state index is 13.5. The molecule has 1 aromatic carbocycles. The molecule has 0 aliphatic carbocycles. The molecule has 116 valence electrons. The maximum Gasteiger partial charge on any atom is 0.416 e. The second-order valence-electron chi connectivity index (χ2n) is 4.44. The molecule has 0 spiro atoms. The summed E-state index contributed by atoms with van der Waals surface area (Å²) in [4.78, 5) is 11.7. The Kier molecular flexibility index (Phi) is 4.30. The fraction of sp³-hybridized carbons (Fsp3) is 0.143. The van der Waals surface area contributed by atoms with Crippen LogP contribution in [0.1, 0.15) is 21.6 Å². The van der Waals surface area contributed by atoms with Crippen LogP contribution in [0.5, 0.6) is 0 Å². The molecule has 8 heteroatoms. The van der Waals surface area contributed by atoms with Gasteiger partial charge >= 0.3 is 6.18 Å². The first-order valence-electron chi connectivity index (χ1n) is 6.10. The van der Waals surface area contributed by atoms with Gasteiger partial charge in [-0.25, -0.2) is 9.82 Å². The lowest BCUT2D eigenvalue weighted by molar-refractivity contribution is -0.137. The van der Waals surface area contributed by atoms with Gasteiger partial charge in [0.05, 0.1) is 11.8 Å². The first kappa shape index (κ1) is 15.7. The standard InChI is InChI=1S/C14H11F4N3O/c1-21-6-2-3-12(21)13(22)20-19-8-9-4-5-10(7-11(9)15)14(16,17)18/h2-8H,1H3,(H,20,22)/b19-8+. The Labute approximate surface area is 123 Å². The number of aryl methyl sites for hydroxylation is 1. The summed E-state index contributed by atoms with van der Waals surface area (Å²) < 4.78 is 52.3. The Morgan fingerprint density at radius 1 is 1.32 bits per heavy atom. The summed E-state index contributed by atoms with van der Waals surface area (Å²) >= 11 is 0. The summed E-state index contributed by atoms with van der Waals surface area (Å²) in [5, 5.41) is 3.53. The molecule has 0 atom stereocenters. The van der Waals surface area contributed by atoms with Gasteiger partial charge in [0.1, 0.15) is 11.5 Å². The number of amides is 1. The van der Waals surface area contributed by atoms with Crippen LogP contribution in [0.15, 0.2) is 41.6 Å². The van der Waals surface area contributed by atoms with E-state index in [0.29, 0.717) is 11.8 Å². The van der Waals surface area contributed by atoms with Crippen molar-refractivity contribution in [1.82, 2.24) is 9.99 Å². The van der Waals surface area contributed by atoms with Crippen molar-refractivity contribution >= 4 is 12.1 Å². The summed E-state index contributed by atoms with van der Waals surface area (Å²) in [6.45, 7) is 0. The predicted octanol–water partition coefficient (Wildman–Crippen LogP) is 2.95. The lowest BCUT2D eigenvalue weighted by Gasteiger charge is -2.07. The average molecular weight is 313 g/mol. The number of carbonyl (C=O) groups is 1. The van der Waals surface area contributed by atoms with E-state index < -0.39 is 23.5 Å².